The van der Waals surface area contributed by atoms with E-state index >= 15 is 0 Å². The van der Waals surface area contributed by atoms with Gasteiger partial charge < -0.3 is 10.5 Å². The Morgan fingerprint density at radius 2 is 1.75 bits per heavy atom. The van der Waals surface area contributed by atoms with Gasteiger partial charge in [0.2, 0.25) is 0 Å². The van der Waals surface area contributed by atoms with Crippen molar-refractivity contribution in [1.29, 1.82) is 0 Å². The maximum Gasteiger partial charge on any atom is 0.122 e. The number of hydrogen-bond acceptors (Lipinski definition) is 2. The van der Waals surface area contributed by atoms with Gasteiger partial charge in [-0.05, 0) is 48.9 Å². The molecule has 0 heterocycles. The summed E-state index contributed by atoms with van der Waals surface area (Å²) in [4.78, 5) is 0. The lowest BCUT2D eigenvalue weighted by Crippen LogP contribution is -2.02. The molecule has 0 spiro atoms. The van der Waals surface area contributed by atoms with Gasteiger partial charge in [-0.1, -0.05) is 42.5 Å². The monoisotopic (exact) mass is 269 g/mol. The second-order valence-corrected chi connectivity index (χ2v) is 5.10. The van der Waals surface area contributed by atoms with E-state index in [1.807, 2.05) is 6.07 Å². The van der Waals surface area contributed by atoms with Gasteiger partial charge in [0.1, 0.15) is 5.75 Å². The molecule has 0 aromatic heterocycles. The van der Waals surface area contributed by atoms with Crippen LogP contribution in [0.1, 0.15) is 29.5 Å². The first-order valence-corrected chi connectivity index (χ1v) is 7.26. The van der Waals surface area contributed by atoms with Crippen molar-refractivity contribution in [3.63, 3.8) is 0 Å². The highest BCUT2D eigenvalue weighted by Gasteiger charge is 2.01. The Kier molecular flexibility index (Phi) is 5.63. The molecule has 2 nitrogen and oxygen atoms in total. The van der Waals surface area contributed by atoms with Gasteiger partial charge in [0.25, 0.3) is 0 Å². The number of ether oxygens (including phenoxy) is 1. The zero-order valence-electron chi connectivity index (χ0n) is 12.1. The van der Waals surface area contributed by atoms with E-state index in [-0.39, 0.29) is 0 Å². The molecule has 0 bridgehead atoms. The van der Waals surface area contributed by atoms with Gasteiger partial charge in [0.15, 0.2) is 0 Å². The first-order chi connectivity index (χ1) is 9.79. The van der Waals surface area contributed by atoms with Gasteiger partial charge in [-0.15, -0.1) is 0 Å². The summed E-state index contributed by atoms with van der Waals surface area (Å²) in [6.45, 7) is 3.39. The molecule has 2 N–H and O–H groups in total. The van der Waals surface area contributed by atoms with E-state index in [2.05, 4.69) is 49.4 Å². The summed E-state index contributed by atoms with van der Waals surface area (Å²) in [6.07, 6.45) is 3.34. The zero-order valence-corrected chi connectivity index (χ0v) is 12.1. The fourth-order valence-corrected chi connectivity index (χ4v) is 2.18. The van der Waals surface area contributed by atoms with Gasteiger partial charge in [-0.25, -0.2) is 0 Å². The average Bonchev–Trinajstić information content (AvgIpc) is 2.50. The van der Waals surface area contributed by atoms with Crippen LogP contribution >= 0.6 is 0 Å². The number of benzene rings is 2. The van der Waals surface area contributed by atoms with Gasteiger partial charge in [0, 0.05) is 6.54 Å². The van der Waals surface area contributed by atoms with Gasteiger partial charge >= 0.3 is 0 Å². The molecular formula is C18H23NO. The molecule has 106 valence electrons. The highest BCUT2D eigenvalue weighted by molar-refractivity contribution is 5.36. The minimum absolute atomic E-state index is 0.560. The molecule has 2 aromatic rings. The highest BCUT2D eigenvalue weighted by atomic mass is 16.5. The van der Waals surface area contributed by atoms with Crippen LogP contribution < -0.4 is 10.5 Å². The molecule has 0 aliphatic heterocycles. The van der Waals surface area contributed by atoms with Crippen LogP contribution in [0.15, 0.2) is 48.5 Å². The lowest BCUT2D eigenvalue weighted by atomic mass is 10.1. The van der Waals surface area contributed by atoms with Gasteiger partial charge in [-0.2, -0.15) is 0 Å². The lowest BCUT2D eigenvalue weighted by molar-refractivity contribution is 0.304. The van der Waals surface area contributed by atoms with Crippen LogP contribution in [-0.4, -0.2) is 6.61 Å². The molecule has 0 fully saturated rings. The standard InChI is InChI=1S/C18H23NO/c1-15-10-11-17(14-19)13-18(15)20-12-6-5-9-16-7-3-2-4-8-16/h2-4,7-8,10-11,13H,5-6,9,12,14,19H2,1H3. The van der Waals surface area contributed by atoms with Crippen molar-refractivity contribution in [2.24, 2.45) is 5.73 Å². The normalized spacial score (nSPS) is 10.5. The van der Waals surface area contributed by atoms with E-state index in [1.54, 1.807) is 0 Å². The van der Waals surface area contributed by atoms with Gasteiger partial charge in [0.05, 0.1) is 6.61 Å². The predicted octanol–water partition coefficient (Wildman–Crippen LogP) is 3.86. The van der Waals surface area contributed by atoms with E-state index < -0.39 is 0 Å². The summed E-state index contributed by atoms with van der Waals surface area (Å²) >= 11 is 0. The average molecular weight is 269 g/mol. The molecule has 0 aliphatic rings. The van der Waals surface area contributed by atoms with Crippen molar-refractivity contribution < 1.29 is 4.74 Å². The summed E-state index contributed by atoms with van der Waals surface area (Å²) < 4.78 is 5.86. The Morgan fingerprint density at radius 3 is 2.50 bits per heavy atom. The van der Waals surface area contributed by atoms with Crippen molar-refractivity contribution in [2.45, 2.75) is 32.7 Å². The number of nitrogens with two attached hydrogens (primary N) is 1. The third-order valence-corrected chi connectivity index (χ3v) is 3.45. The summed E-state index contributed by atoms with van der Waals surface area (Å²) in [5.74, 6) is 0.965. The molecule has 2 rings (SSSR count). The van der Waals surface area contributed by atoms with Crippen LogP contribution in [0.25, 0.3) is 0 Å². The summed E-state index contributed by atoms with van der Waals surface area (Å²) in [6, 6.07) is 16.8. The third kappa shape index (κ3) is 4.39. The lowest BCUT2D eigenvalue weighted by Gasteiger charge is -2.10. The molecule has 0 saturated carbocycles. The molecule has 0 saturated heterocycles. The highest BCUT2D eigenvalue weighted by Crippen LogP contribution is 2.19. The summed E-state index contributed by atoms with van der Waals surface area (Å²) in [5.41, 5.74) is 9.34. The van der Waals surface area contributed by atoms with E-state index in [0.717, 1.165) is 37.2 Å². The second kappa shape index (κ2) is 7.71. The van der Waals surface area contributed by atoms with Gasteiger partial charge in [-0.3, -0.25) is 0 Å². The maximum atomic E-state index is 5.86. The van der Waals surface area contributed by atoms with E-state index in [4.69, 9.17) is 10.5 Å². The first kappa shape index (κ1) is 14.6. The smallest absolute Gasteiger partial charge is 0.122 e. The quantitative estimate of drug-likeness (QED) is 0.775. The minimum atomic E-state index is 0.560. The topological polar surface area (TPSA) is 35.2 Å². The molecule has 20 heavy (non-hydrogen) atoms. The Bertz CT molecular complexity index is 522. The number of hydrogen-bond donors (Lipinski definition) is 1. The third-order valence-electron chi connectivity index (χ3n) is 3.45. The van der Waals surface area contributed by atoms with Crippen molar-refractivity contribution >= 4 is 0 Å². The SMILES string of the molecule is Cc1ccc(CN)cc1OCCCCc1ccccc1. The van der Waals surface area contributed by atoms with E-state index in [9.17, 15) is 0 Å². The molecule has 2 heteroatoms. The Balaban J connectivity index is 1.73. The molecule has 2 aromatic carbocycles. The van der Waals surface area contributed by atoms with Crippen LogP contribution in [0.5, 0.6) is 5.75 Å². The number of aryl methyl sites for hydroxylation is 2. The van der Waals surface area contributed by atoms with E-state index in [0.29, 0.717) is 6.54 Å². The van der Waals surface area contributed by atoms with Crippen molar-refractivity contribution in [3.05, 3.63) is 65.2 Å². The molecular weight excluding hydrogens is 246 g/mol. The number of rotatable bonds is 7. The van der Waals surface area contributed by atoms with Crippen LogP contribution in [0.4, 0.5) is 0 Å². The second-order valence-electron chi connectivity index (χ2n) is 5.10. The van der Waals surface area contributed by atoms with Crippen LogP contribution in [0.2, 0.25) is 0 Å². The Hall–Kier alpha value is -1.80. The number of unbranched alkanes of at least 4 members (excludes halogenated alkanes) is 1. The minimum Gasteiger partial charge on any atom is -0.493 e. The Morgan fingerprint density at radius 1 is 0.950 bits per heavy atom. The fraction of sp³-hybridized carbons (Fsp3) is 0.333. The maximum absolute atomic E-state index is 5.86. The first-order valence-electron chi connectivity index (χ1n) is 7.26. The Labute approximate surface area is 121 Å². The largest absolute Gasteiger partial charge is 0.493 e. The van der Waals surface area contributed by atoms with Crippen molar-refractivity contribution in [3.8, 4) is 5.75 Å². The molecule has 0 radical (unpaired) electrons. The molecule has 0 unspecified atom stereocenters. The fourth-order valence-electron chi connectivity index (χ4n) is 2.18. The molecule has 0 amide bonds. The van der Waals surface area contributed by atoms with E-state index in [1.165, 1.54) is 11.1 Å². The molecule has 0 atom stereocenters. The summed E-state index contributed by atoms with van der Waals surface area (Å²) in [7, 11) is 0. The van der Waals surface area contributed by atoms with Crippen LogP contribution in [0.3, 0.4) is 0 Å². The van der Waals surface area contributed by atoms with Crippen LogP contribution in [0, 0.1) is 6.92 Å². The molecule has 0 aliphatic carbocycles. The van der Waals surface area contributed by atoms with Crippen LogP contribution in [-0.2, 0) is 13.0 Å². The predicted molar refractivity (Wildman–Crippen MR) is 83.9 cm³/mol. The summed E-state index contributed by atoms with van der Waals surface area (Å²) in [5, 5.41) is 0. The van der Waals surface area contributed by atoms with Crippen molar-refractivity contribution in [2.75, 3.05) is 6.61 Å². The zero-order chi connectivity index (χ0) is 14.2. The van der Waals surface area contributed by atoms with Crippen molar-refractivity contribution in [1.82, 2.24) is 0 Å².